The molecule has 16 heavy (non-hydrogen) atoms. The molecule has 0 aromatic heterocycles. The van der Waals surface area contributed by atoms with E-state index >= 15 is 0 Å². The molecule has 0 fully saturated rings. The van der Waals surface area contributed by atoms with Gasteiger partial charge in [0.05, 0.1) is 0 Å². The zero-order valence-electron chi connectivity index (χ0n) is 10.0. The summed E-state index contributed by atoms with van der Waals surface area (Å²) >= 11 is 5.85. The van der Waals surface area contributed by atoms with E-state index in [4.69, 9.17) is 11.6 Å². The standard InChI is InChI=1S/C14H20ClN/c1-4-5-11(2)16-12(3)10-13-6-8-14(15)9-7-13/h4,6-9,11-12,16H,1,5,10H2,2-3H3. The molecule has 2 unspecified atom stereocenters. The summed E-state index contributed by atoms with van der Waals surface area (Å²) in [7, 11) is 0. The first-order chi connectivity index (χ1) is 7.61. The van der Waals surface area contributed by atoms with E-state index in [1.165, 1.54) is 5.56 Å². The maximum atomic E-state index is 5.85. The first kappa shape index (κ1) is 13.3. The smallest absolute Gasteiger partial charge is 0.0406 e. The summed E-state index contributed by atoms with van der Waals surface area (Å²) in [5.41, 5.74) is 1.32. The highest BCUT2D eigenvalue weighted by atomic mass is 35.5. The second-order valence-electron chi connectivity index (χ2n) is 4.32. The van der Waals surface area contributed by atoms with E-state index in [9.17, 15) is 0 Å². The minimum atomic E-state index is 0.469. The van der Waals surface area contributed by atoms with Crippen LogP contribution in [-0.4, -0.2) is 12.1 Å². The van der Waals surface area contributed by atoms with Crippen molar-refractivity contribution < 1.29 is 0 Å². The fourth-order valence-electron chi connectivity index (χ4n) is 1.84. The van der Waals surface area contributed by atoms with Crippen molar-refractivity contribution in [2.45, 2.75) is 38.8 Å². The second-order valence-corrected chi connectivity index (χ2v) is 4.76. The zero-order valence-corrected chi connectivity index (χ0v) is 10.8. The van der Waals surface area contributed by atoms with Gasteiger partial charge >= 0.3 is 0 Å². The number of benzene rings is 1. The molecule has 0 bridgehead atoms. The van der Waals surface area contributed by atoms with E-state index in [1.807, 2.05) is 18.2 Å². The molecule has 0 aliphatic rings. The summed E-state index contributed by atoms with van der Waals surface area (Å²) in [6.45, 7) is 8.13. The van der Waals surface area contributed by atoms with Crippen molar-refractivity contribution in [1.29, 1.82) is 0 Å². The molecule has 0 aliphatic carbocycles. The van der Waals surface area contributed by atoms with Gasteiger partial charge in [0.15, 0.2) is 0 Å². The number of hydrogen-bond acceptors (Lipinski definition) is 1. The lowest BCUT2D eigenvalue weighted by Gasteiger charge is -2.19. The van der Waals surface area contributed by atoms with Gasteiger partial charge in [-0.15, -0.1) is 6.58 Å². The minimum absolute atomic E-state index is 0.469. The van der Waals surface area contributed by atoms with Crippen LogP contribution >= 0.6 is 11.6 Å². The van der Waals surface area contributed by atoms with Gasteiger partial charge in [-0.3, -0.25) is 0 Å². The molecular formula is C14H20ClN. The van der Waals surface area contributed by atoms with E-state index in [2.05, 4.69) is 37.9 Å². The van der Waals surface area contributed by atoms with Gasteiger partial charge < -0.3 is 5.32 Å². The lowest BCUT2D eigenvalue weighted by atomic mass is 10.1. The van der Waals surface area contributed by atoms with E-state index in [0.29, 0.717) is 12.1 Å². The quantitative estimate of drug-likeness (QED) is 0.742. The third-order valence-electron chi connectivity index (χ3n) is 2.54. The number of halogens is 1. The van der Waals surface area contributed by atoms with Gasteiger partial charge in [0.1, 0.15) is 0 Å². The van der Waals surface area contributed by atoms with Gasteiger partial charge in [0.2, 0.25) is 0 Å². The van der Waals surface area contributed by atoms with Crippen molar-refractivity contribution in [1.82, 2.24) is 5.32 Å². The van der Waals surface area contributed by atoms with Crippen LogP contribution in [0.15, 0.2) is 36.9 Å². The van der Waals surface area contributed by atoms with Gasteiger partial charge in [-0.2, -0.15) is 0 Å². The highest BCUT2D eigenvalue weighted by molar-refractivity contribution is 6.30. The van der Waals surface area contributed by atoms with Gasteiger partial charge in [0.25, 0.3) is 0 Å². The van der Waals surface area contributed by atoms with Crippen LogP contribution in [0, 0.1) is 0 Å². The molecule has 0 spiro atoms. The monoisotopic (exact) mass is 237 g/mol. The SMILES string of the molecule is C=CCC(C)NC(C)Cc1ccc(Cl)cc1. The number of rotatable bonds is 6. The maximum Gasteiger partial charge on any atom is 0.0406 e. The Morgan fingerprint density at radius 1 is 1.25 bits per heavy atom. The lowest BCUT2D eigenvalue weighted by molar-refractivity contribution is 0.467. The summed E-state index contributed by atoms with van der Waals surface area (Å²) in [4.78, 5) is 0. The van der Waals surface area contributed by atoms with Crippen LogP contribution in [0.5, 0.6) is 0 Å². The maximum absolute atomic E-state index is 5.85. The first-order valence-corrected chi connectivity index (χ1v) is 6.11. The summed E-state index contributed by atoms with van der Waals surface area (Å²) in [6, 6.07) is 9.00. The van der Waals surface area contributed by atoms with Crippen molar-refractivity contribution in [3.8, 4) is 0 Å². The summed E-state index contributed by atoms with van der Waals surface area (Å²) in [5.74, 6) is 0. The third kappa shape index (κ3) is 4.82. The Hall–Kier alpha value is -0.790. The predicted molar refractivity (Wildman–Crippen MR) is 72.0 cm³/mol. The van der Waals surface area contributed by atoms with Crippen LogP contribution in [-0.2, 0) is 6.42 Å². The average molecular weight is 238 g/mol. The summed E-state index contributed by atoms with van der Waals surface area (Å²) in [5, 5.41) is 4.34. The van der Waals surface area contributed by atoms with E-state index in [-0.39, 0.29) is 0 Å². The Balaban J connectivity index is 2.41. The minimum Gasteiger partial charge on any atom is -0.311 e. The van der Waals surface area contributed by atoms with Gasteiger partial charge in [-0.1, -0.05) is 29.8 Å². The van der Waals surface area contributed by atoms with Crippen molar-refractivity contribution >= 4 is 11.6 Å². The number of hydrogen-bond donors (Lipinski definition) is 1. The van der Waals surface area contributed by atoms with Crippen molar-refractivity contribution in [3.05, 3.63) is 47.5 Å². The van der Waals surface area contributed by atoms with Gasteiger partial charge in [-0.25, -0.2) is 0 Å². The van der Waals surface area contributed by atoms with Gasteiger partial charge in [0, 0.05) is 17.1 Å². The largest absolute Gasteiger partial charge is 0.311 e. The molecule has 1 nitrogen and oxygen atoms in total. The van der Waals surface area contributed by atoms with Crippen LogP contribution in [0.25, 0.3) is 0 Å². The fraction of sp³-hybridized carbons (Fsp3) is 0.429. The Labute approximate surface area is 104 Å². The van der Waals surface area contributed by atoms with Crippen molar-refractivity contribution in [2.75, 3.05) is 0 Å². The average Bonchev–Trinajstić information content (AvgIpc) is 2.21. The molecule has 1 N–H and O–H groups in total. The van der Waals surface area contributed by atoms with Gasteiger partial charge in [-0.05, 0) is 44.4 Å². The first-order valence-electron chi connectivity index (χ1n) is 5.73. The molecule has 0 amide bonds. The molecule has 2 heteroatoms. The molecule has 0 saturated heterocycles. The zero-order chi connectivity index (χ0) is 12.0. The molecule has 1 aromatic rings. The molecule has 0 aliphatic heterocycles. The summed E-state index contributed by atoms with van der Waals surface area (Å²) in [6.07, 6.45) is 3.98. The Morgan fingerprint density at radius 3 is 2.44 bits per heavy atom. The molecule has 1 rings (SSSR count). The second kappa shape index (κ2) is 6.72. The molecule has 0 radical (unpaired) electrons. The van der Waals surface area contributed by atoms with E-state index < -0.39 is 0 Å². The summed E-state index contributed by atoms with van der Waals surface area (Å²) < 4.78 is 0. The topological polar surface area (TPSA) is 12.0 Å². The van der Waals surface area contributed by atoms with Crippen LogP contribution in [0.4, 0.5) is 0 Å². The molecule has 0 saturated carbocycles. The molecule has 0 heterocycles. The van der Waals surface area contributed by atoms with Crippen LogP contribution in [0.3, 0.4) is 0 Å². The lowest BCUT2D eigenvalue weighted by Crippen LogP contribution is -2.35. The van der Waals surface area contributed by atoms with Crippen LogP contribution < -0.4 is 5.32 Å². The Morgan fingerprint density at radius 2 is 1.88 bits per heavy atom. The molecular weight excluding hydrogens is 218 g/mol. The highest BCUT2D eigenvalue weighted by Crippen LogP contribution is 2.11. The van der Waals surface area contributed by atoms with Crippen LogP contribution in [0.1, 0.15) is 25.8 Å². The predicted octanol–water partition coefficient (Wildman–Crippen LogP) is 3.83. The van der Waals surface area contributed by atoms with Crippen molar-refractivity contribution in [3.63, 3.8) is 0 Å². The molecule has 1 aromatic carbocycles. The molecule has 88 valence electrons. The van der Waals surface area contributed by atoms with Crippen molar-refractivity contribution in [2.24, 2.45) is 0 Å². The fourth-order valence-corrected chi connectivity index (χ4v) is 1.96. The third-order valence-corrected chi connectivity index (χ3v) is 2.80. The number of nitrogens with one attached hydrogen (secondary N) is 1. The van der Waals surface area contributed by atoms with E-state index in [0.717, 1.165) is 17.9 Å². The Bertz CT molecular complexity index is 318. The normalized spacial score (nSPS) is 14.4. The molecule has 2 atom stereocenters. The Kier molecular flexibility index (Phi) is 5.58. The van der Waals surface area contributed by atoms with E-state index in [1.54, 1.807) is 0 Å². The highest BCUT2D eigenvalue weighted by Gasteiger charge is 2.06. The van der Waals surface area contributed by atoms with Crippen LogP contribution in [0.2, 0.25) is 5.02 Å².